The second-order valence-electron chi connectivity index (χ2n) is 8.16. The van der Waals surface area contributed by atoms with Crippen LogP contribution in [0.3, 0.4) is 0 Å². The number of Topliss-reactive ketones (excluding diaryl/α,β-unsaturated/α-hetero) is 1. The van der Waals surface area contributed by atoms with Crippen molar-refractivity contribution < 1.29 is 14.4 Å². The van der Waals surface area contributed by atoms with E-state index in [2.05, 4.69) is 15.7 Å². The molecule has 4 rings (SSSR count). The summed E-state index contributed by atoms with van der Waals surface area (Å²) in [5.74, 6) is -0.602. The number of nitrogens with zero attached hydrogens (tertiary/aromatic N) is 2. The number of hydrogen-bond donors (Lipinski definition) is 2. The lowest BCUT2D eigenvalue weighted by atomic mass is 10.1. The fraction of sp³-hybridized carbons (Fsp3) is 0.143. The lowest BCUT2D eigenvalue weighted by Gasteiger charge is -2.09. The van der Waals surface area contributed by atoms with E-state index in [0.717, 1.165) is 11.4 Å². The average molecular weight is 467 g/mol. The molecule has 0 saturated heterocycles. The molecule has 176 valence electrons. The van der Waals surface area contributed by atoms with Crippen molar-refractivity contribution in [1.29, 1.82) is 0 Å². The van der Waals surface area contributed by atoms with Crippen molar-refractivity contribution >= 4 is 29.0 Å². The molecule has 0 aliphatic heterocycles. The van der Waals surface area contributed by atoms with Crippen LogP contribution in [0.1, 0.15) is 44.9 Å². The molecule has 7 nitrogen and oxygen atoms in total. The largest absolute Gasteiger partial charge is 0.326 e. The summed E-state index contributed by atoms with van der Waals surface area (Å²) in [4.78, 5) is 37.3. The minimum atomic E-state index is -0.268. The van der Waals surface area contributed by atoms with Gasteiger partial charge in [-0.3, -0.25) is 14.4 Å². The lowest BCUT2D eigenvalue weighted by molar-refractivity contribution is -0.116. The molecule has 35 heavy (non-hydrogen) atoms. The van der Waals surface area contributed by atoms with Crippen molar-refractivity contribution in [2.75, 3.05) is 10.6 Å². The van der Waals surface area contributed by atoms with Gasteiger partial charge in [-0.15, -0.1) is 0 Å². The van der Waals surface area contributed by atoms with Crippen LogP contribution < -0.4 is 10.6 Å². The molecule has 0 aliphatic carbocycles. The number of anilines is 2. The van der Waals surface area contributed by atoms with Gasteiger partial charge in [0.05, 0.1) is 22.8 Å². The fourth-order valence-corrected chi connectivity index (χ4v) is 3.75. The number of aromatic nitrogens is 2. The van der Waals surface area contributed by atoms with Crippen LogP contribution in [0.25, 0.3) is 5.69 Å². The molecule has 0 bridgehead atoms. The number of benzene rings is 3. The van der Waals surface area contributed by atoms with Gasteiger partial charge in [-0.2, -0.15) is 5.10 Å². The Morgan fingerprint density at radius 3 is 2.03 bits per heavy atom. The first kappa shape index (κ1) is 23.6. The van der Waals surface area contributed by atoms with Gasteiger partial charge in [0.2, 0.25) is 5.91 Å². The van der Waals surface area contributed by atoms with Gasteiger partial charge in [-0.05, 0) is 50.2 Å². The quantitative estimate of drug-likeness (QED) is 0.343. The molecule has 0 radical (unpaired) electrons. The van der Waals surface area contributed by atoms with E-state index in [0.29, 0.717) is 28.2 Å². The molecule has 0 spiro atoms. The summed E-state index contributed by atoms with van der Waals surface area (Å²) in [6.07, 6.45) is 0.214. The second-order valence-corrected chi connectivity index (χ2v) is 8.16. The van der Waals surface area contributed by atoms with Crippen molar-refractivity contribution in [3.8, 4) is 5.69 Å². The predicted octanol–water partition coefficient (Wildman–Crippen LogP) is 5.34. The Kier molecular flexibility index (Phi) is 7.16. The molecular formula is C28H26N4O3. The maximum absolute atomic E-state index is 12.8. The molecule has 0 atom stereocenters. The maximum atomic E-state index is 12.8. The molecule has 1 aromatic heterocycles. The highest BCUT2D eigenvalue weighted by Gasteiger charge is 2.16. The molecule has 7 heteroatoms. The van der Waals surface area contributed by atoms with Crippen LogP contribution in [0.5, 0.6) is 0 Å². The van der Waals surface area contributed by atoms with E-state index in [-0.39, 0.29) is 30.4 Å². The van der Waals surface area contributed by atoms with E-state index in [4.69, 9.17) is 0 Å². The standard InChI is InChI=1S/C28H26N4O3/c1-19-27(20(2)32(31-19)24-11-7-4-8-12-24)30-28(35)22-13-15-23(16-14-22)29-26(34)18-17-25(33)21-9-5-3-6-10-21/h3-16H,17-18H2,1-2H3,(H,29,34)(H,30,35). The highest BCUT2D eigenvalue weighted by molar-refractivity contribution is 6.05. The van der Waals surface area contributed by atoms with E-state index in [1.165, 1.54) is 0 Å². The van der Waals surface area contributed by atoms with Gasteiger partial charge < -0.3 is 10.6 Å². The van der Waals surface area contributed by atoms with Crippen LogP contribution in [0.15, 0.2) is 84.9 Å². The Balaban J connectivity index is 1.35. The first-order valence-electron chi connectivity index (χ1n) is 11.3. The van der Waals surface area contributed by atoms with E-state index >= 15 is 0 Å². The van der Waals surface area contributed by atoms with Crippen molar-refractivity contribution in [2.24, 2.45) is 0 Å². The molecule has 0 aliphatic rings. The Bertz CT molecular complexity index is 1340. The van der Waals surface area contributed by atoms with Gasteiger partial charge >= 0.3 is 0 Å². The molecule has 0 unspecified atom stereocenters. The molecule has 2 amide bonds. The van der Waals surface area contributed by atoms with Gasteiger partial charge in [-0.25, -0.2) is 4.68 Å². The minimum absolute atomic E-state index is 0.0751. The summed E-state index contributed by atoms with van der Waals surface area (Å²) in [6, 6.07) is 25.2. The third kappa shape index (κ3) is 5.70. The summed E-state index contributed by atoms with van der Waals surface area (Å²) in [5, 5.41) is 10.3. The van der Waals surface area contributed by atoms with Crippen molar-refractivity contribution in [2.45, 2.75) is 26.7 Å². The smallest absolute Gasteiger partial charge is 0.255 e. The Morgan fingerprint density at radius 2 is 1.37 bits per heavy atom. The number of carbonyl (C=O) groups is 3. The SMILES string of the molecule is Cc1nn(-c2ccccc2)c(C)c1NC(=O)c1ccc(NC(=O)CCC(=O)c2ccccc2)cc1. The third-order valence-corrected chi connectivity index (χ3v) is 5.64. The zero-order chi connectivity index (χ0) is 24.8. The second kappa shape index (κ2) is 10.6. The average Bonchev–Trinajstić information content (AvgIpc) is 3.17. The molecule has 1 heterocycles. The number of ketones is 1. The Morgan fingerprint density at radius 1 is 0.743 bits per heavy atom. The topological polar surface area (TPSA) is 93.1 Å². The first-order valence-corrected chi connectivity index (χ1v) is 11.3. The zero-order valence-corrected chi connectivity index (χ0v) is 19.6. The summed E-state index contributed by atoms with van der Waals surface area (Å²) < 4.78 is 1.80. The summed E-state index contributed by atoms with van der Waals surface area (Å²) in [5.41, 5.74) is 4.73. The Labute approximate surface area is 203 Å². The van der Waals surface area contributed by atoms with Gasteiger partial charge in [0.15, 0.2) is 5.78 Å². The number of rotatable bonds is 8. The van der Waals surface area contributed by atoms with Gasteiger partial charge in [0.25, 0.3) is 5.91 Å². The van der Waals surface area contributed by atoms with Crippen molar-refractivity contribution in [3.05, 3.63) is 107 Å². The molecule has 4 aromatic rings. The molecule has 0 saturated carbocycles. The highest BCUT2D eigenvalue weighted by Crippen LogP contribution is 2.23. The Hall–Kier alpha value is -4.52. The lowest BCUT2D eigenvalue weighted by Crippen LogP contribution is -2.15. The number of para-hydroxylation sites is 1. The maximum Gasteiger partial charge on any atom is 0.255 e. The number of carbonyl (C=O) groups excluding carboxylic acids is 3. The van der Waals surface area contributed by atoms with Crippen LogP contribution in [0.2, 0.25) is 0 Å². The van der Waals surface area contributed by atoms with E-state index in [1.54, 1.807) is 53.2 Å². The number of nitrogens with one attached hydrogen (secondary N) is 2. The third-order valence-electron chi connectivity index (χ3n) is 5.64. The predicted molar refractivity (Wildman–Crippen MR) is 136 cm³/mol. The van der Waals surface area contributed by atoms with E-state index in [1.807, 2.05) is 50.2 Å². The van der Waals surface area contributed by atoms with Crippen LogP contribution in [0, 0.1) is 13.8 Å². The van der Waals surface area contributed by atoms with Gasteiger partial charge in [0, 0.05) is 29.7 Å². The normalized spacial score (nSPS) is 10.6. The van der Waals surface area contributed by atoms with Crippen LogP contribution >= 0.6 is 0 Å². The number of amides is 2. The van der Waals surface area contributed by atoms with E-state index in [9.17, 15) is 14.4 Å². The van der Waals surface area contributed by atoms with E-state index < -0.39 is 0 Å². The van der Waals surface area contributed by atoms with Crippen molar-refractivity contribution in [1.82, 2.24) is 9.78 Å². The summed E-state index contributed by atoms with van der Waals surface area (Å²) in [6.45, 7) is 3.76. The molecule has 3 aromatic carbocycles. The fourth-order valence-electron chi connectivity index (χ4n) is 3.75. The highest BCUT2D eigenvalue weighted by atomic mass is 16.2. The van der Waals surface area contributed by atoms with Gasteiger partial charge in [0.1, 0.15) is 0 Å². The monoisotopic (exact) mass is 466 g/mol. The number of aryl methyl sites for hydroxylation is 1. The zero-order valence-electron chi connectivity index (χ0n) is 19.6. The van der Waals surface area contributed by atoms with Crippen molar-refractivity contribution in [3.63, 3.8) is 0 Å². The van der Waals surface area contributed by atoms with Gasteiger partial charge in [-0.1, -0.05) is 48.5 Å². The van der Waals surface area contributed by atoms with Crippen LogP contribution in [-0.2, 0) is 4.79 Å². The minimum Gasteiger partial charge on any atom is -0.326 e. The molecular weight excluding hydrogens is 440 g/mol. The first-order chi connectivity index (χ1) is 16.9. The van der Waals surface area contributed by atoms with Crippen LogP contribution in [-0.4, -0.2) is 27.4 Å². The summed E-state index contributed by atoms with van der Waals surface area (Å²) >= 11 is 0. The number of hydrogen-bond acceptors (Lipinski definition) is 4. The summed E-state index contributed by atoms with van der Waals surface area (Å²) in [7, 11) is 0. The molecule has 2 N–H and O–H groups in total. The van der Waals surface area contributed by atoms with Crippen LogP contribution in [0.4, 0.5) is 11.4 Å². The molecule has 0 fully saturated rings.